The summed E-state index contributed by atoms with van der Waals surface area (Å²) in [5, 5.41) is 7.83. The van der Waals surface area contributed by atoms with Crippen LogP contribution in [0.5, 0.6) is 0 Å². The van der Waals surface area contributed by atoms with Crippen LogP contribution in [0, 0.1) is 17.8 Å². The summed E-state index contributed by atoms with van der Waals surface area (Å²) in [4.78, 5) is 17.3. The maximum atomic E-state index is 12.8. The summed E-state index contributed by atoms with van der Waals surface area (Å²) in [7, 11) is 0. The lowest BCUT2D eigenvalue weighted by molar-refractivity contribution is -0.128. The van der Waals surface area contributed by atoms with Gasteiger partial charge in [-0.3, -0.25) is 4.79 Å². The van der Waals surface area contributed by atoms with Gasteiger partial charge in [-0.05, 0) is 43.9 Å². The monoisotopic (exact) mass is 367 g/mol. The highest BCUT2D eigenvalue weighted by Gasteiger charge is 2.41. The van der Waals surface area contributed by atoms with Gasteiger partial charge < -0.3 is 11.1 Å². The van der Waals surface area contributed by atoms with Crippen LogP contribution in [-0.4, -0.2) is 32.8 Å². The summed E-state index contributed by atoms with van der Waals surface area (Å²) < 4.78 is 1.98. The van der Waals surface area contributed by atoms with Crippen LogP contribution in [0.15, 0.2) is 0 Å². The van der Waals surface area contributed by atoms with Crippen LogP contribution in [0.3, 0.4) is 0 Å². The number of nitrogens with zero attached hydrogens (tertiary/aromatic N) is 3. The van der Waals surface area contributed by atoms with Crippen LogP contribution in [0.1, 0.15) is 57.1 Å². The molecule has 1 amide bonds. The van der Waals surface area contributed by atoms with Crippen LogP contribution in [0.2, 0.25) is 0 Å². The van der Waals surface area contributed by atoms with Crippen molar-refractivity contribution in [1.82, 2.24) is 20.1 Å². The Hall–Kier alpha value is -1.14. The second-order valence-corrected chi connectivity index (χ2v) is 7.92. The van der Waals surface area contributed by atoms with Gasteiger partial charge in [-0.2, -0.15) is 5.10 Å². The lowest BCUT2D eigenvalue weighted by Crippen LogP contribution is -2.51. The molecule has 2 aliphatic carbocycles. The molecule has 3 aliphatic rings. The molecular formula is C18H30ClN5O. The fourth-order valence-corrected chi connectivity index (χ4v) is 4.95. The number of aryl methyl sites for hydroxylation is 2. The van der Waals surface area contributed by atoms with Gasteiger partial charge in [0.05, 0.1) is 6.54 Å². The molecule has 0 aromatic carbocycles. The Balaban J connectivity index is 0.00000182. The third-order valence-corrected chi connectivity index (χ3v) is 6.35. The average molecular weight is 368 g/mol. The lowest BCUT2D eigenvalue weighted by atomic mass is 9.65. The predicted molar refractivity (Wildman–Crippen MR) is 98.4 cm³/mol. The molecule has 2 bridgehead atoms. The van der Waals surface area contributed by atoms with Crippen molar-refractivity contribution in [1.29, 1.82) is 0 Å². The quantitative estimate of drug-likeness (QED) is 0.853. The van der Waals surface area contributed by atoms with E-state index in [9.17, 15) is 4.79 Å². The Morgan fingerprint density at radius 1 is 1.28 bits per heavy atom. The molecule has 25 heavy (non-hydrogen) atoms. The van der Waals surface area contributed by atoms with Crippen molar-refractivity contribution in [2.24, 2.45) is 23.5 Å². The zero-order valence-corrected chi connectivity index (χ0v) is 15.8. The molecule has 0 saturated heterocycles. The molecule has 0 radical (unpaired) electrons. The predicted octanol–water partition coefficient (Wildman–Crippen LogP) is 1.85. The van der Waals surface area contributed by atoms with Crippen molar-refractivity contribution in [3.05, 3.63) is 11.6 Å². The van der Waals surface area contributed by atoms with Crippen molar-refractivity contribution >= 4 is 18.3 Å². The van der Waals surface area contributed by atoms with E-state index in [1.54, 1.807) is 0 Å². The minimum atomic E-state index is 0. The zero-order valence-electron chi connectivity index (χ0n) is 15.0. The maximum Gasteiger partial charge on any atom is 0.223 e. The number of nitrogens with one attached hydrogen (secondary N) is 1. The average Bonchev–Trinajstić information content (AvgIpc) is 2.97. The summed E-state index contributed by atoms with van der Waals surface area (Å²) in [5.41, 5.74) is 6.35. The molecule has 7 heteroatoms. The van der Waals surface area contributed by atoms with Crippen LogP contribution in [0.25, 0.3) is 0 Å². The fourth-order valence-electron chi connectivity index (χ4n) is 4.95. The number of hydrogen-bond acceptors (Lipinski definition) is 4. The van der Waals surface area contributed by atoms with Crippen molar-refractivity contribution in [3.8, 4) is 0 Å². The molecule has 140 valence electrons. The van der Waals surface area contributed by atoms with E-state index in [-0.39, 0.29) is 30.3 Å². The molecule has 2 heterocycles. The molecule has 6 nitrogen and oxygen atoms in total. The third-order valence-electron chi connectivity index (χ3n) is 6.35. The Kier molecular flexibility index (Phi) is 5.68. The summed E-state index contributed by atoms with van der Waals surface area (Å²) in [5.74, 6) is 3.47. The second kappa shape index (κ2) is 7.62. The van der Waals surface area contributed by atoms with Gasteiger partial charge in [0.25, 0.3) is 0 Å². The molecule has 2 fully saturated rings. The van der Waals surface area contributed by atoms with E-state index < -0.39 is 0 Å². The zero-order chi connectivity index (χ0) is 16.7. The van der Waals surface area contributed by atoms with E-state index >= 15 is 0 Å². The molecule has 4 rings (SSSR count). The lowest BCUT2D eigenvalue weighted by Gasteiger charge is -2.43. The number of carbonyl (C=O) groups excluding carboxylic acids is 1. The first kappa shape index (κ1) is 18.6. The molecule has 1 aromatic heterocycles. The Morgan fingerprint density at radius 3 is 2.68 bits per heavy atom. The van der Waals surface area contributed by atoms with Gasteiger partial charge >= 0.3 is 0 Å². The highest BCUT2D eigenvalue weighted by atomic mass is 35.5. The first-order valence-electron chi connectivity index (χ1n) is 9.62. The fraction of sp³-hybridized carbons (Fsp3) is 0.833. The van der Waals surface area contributed by atoms with Gasteiger partial charge in [0.15, 0.2) is 5.82 Å². The number of fused-ring (bicyclic) bond motifs is 3. The molecule has 1 aromatic rings. The van der Waals surface area contributed by atoms with E-state index in [4.69, 9.17) is 5.73 Å². The number of hydrogen-bond donors (Lipinski definition) is 2. The number of aromatic nitrogens is 3. The molecule has 1 aliphatic heterocycles. The number of rotatable bonds is 3. The van der Waals surface area contributed by atoms with Crippen LogP contribution >= 0.6 is 12.4 Å². The highest BCUT2D eigenvalue weighted by Crippen LogP contribution is 2.41. The first-order valence-corrected chi connectivity index (χ1v) is 9.62. The van der Waals surface area contributed by atoms with E-state index in [1.807, 2.05) is 4.68 Å². The maximum absolute atomic E-state index is 12.8. The number of amides is 1. The Labute approximate surface area is 155 Å². The van der Waals surface area contributed by atoms with Gasteiger partial charge in [-0.15, -0.1) is 12.4 Å². The smallest absolute Gasteiger partial charge is 0.223 e. The van der Waals surface area contributed by atoms with Gasteiger partial charge in [-0.1, -0.05) is 13.3 Å². The molecule has 3 unspecified atom stereocenters. The topological polar surface area (TPSA) is 85.8 Å². The summed E-state index contributed by atoms with van der Waals surface area (Å²) >= 11 is 0. The summed E-state index contributed by atoms with van der Waals surface area (Å²) in [6.07, 6.45) is 8.37. The van der Waals surface area contributed by atoms with Crippen LogP contribution < -0.4 is 11.1 Å². The molecule has 0 spiro atoms. The van der Waals surface area contributed by atoms with Gasteiger partial charge in [0.2, 0.25) is 5.91 Å². The molecular weight excluding hydrogens is 338 g/mol. The Morgan fingerprint density at radius 2 is 2.00 bits per heavy atom. The number of halogens is 1. The highest BCUT2D eigenvalue weighted by molar-refractivity contribution is 5.85. The van der Waals surface area contributed by atoms with Gasteiger partial charge in [0.1, 0.15) is 5.82 Å². The standard InChI is InChI=1S/C18H29N5O.ClH/c1-2-15-21-16-7-6-14(10-23(16)22-15)20-18(24)13-8-11-4-3-5-12(9-13)17(11)19;/h11-14,17H,2-10,19H2,1H3,(H,20,24);1H. The molecule has 2 saturated carbocycles. The third kappa shape index (κ3) is 3.70. The van der Waals surface area contributed by atoms with Gasteiger partial charge in [0, 0.05) is 30.8 Å². The van der Waals surface area contributed by atoms with E-state index in [0.29, 0.717) is 17.9 Å². The van der Waals surface area contributed by atoms with E-state index in [0.717, 1.165) is 50.3 Å². The Bertz CT molecular complexity index is 605. The molecule has 3 N–H and O–H groups in total. The number of carbonyl (C=O) groups is 1. The summed E-state index contributed by atoms with van der Waals surface area (Å²) in [6, 6.07) is 0.509. The van der Waals surface area contributed by atoms with Gasteiger partial charge in [-0.25, -0.2) is 9.67 Å². The van der Waals surface area contributed by atoms with Crippen LogP contribution in [0.4, 0.5) is 0 Å². The van der Waals surface area contributed by atoms with Crippen molar-refractivity contribution < 1.29 is 4.79 Å². The SMILES string of the molecule is CCc1nc2n(n1)CC(NC(=O)C1CC3CCCC(C1)C3N)CC2.Cl. The summed E-state index contributed by atoms with van der Waals surface area (Å²) in [6.45, 7) is 2.83. The van der Waals surface area contributed by atoms with Crippen molar-refractivity contribution in [2.75, 3.05) is 0 Å². The van der Waals surface area contributed by atoms with E-state index in [2.05, 4.69) is 22.3 Å². The first-order chi connectivity index (χ1) is 11.6. The second-order valence-electron chi connectivity index (χ2n) is 7.92. The van der Waals surface area contributed by atoms with Crippen molar-refractivity contribution in [3.63, 3.8) is 0 Å². The largest absolute Gasteiger partial charge is 0.351 e. The minimum Gasteiger partial charge on any atom is -0.351 e. The minimum absolute atomic E-state index is 0. The normalized spacial score (nSPS) is 33.9. The molecule has 3 atom stereocenters. The van der Waals surface area contributed by atoms with Crippen molar-refractivity contribution in [2.45, 2.75) is 76.9 Å². The van der Waals surface area contributed by atoms with Crippen LogP contribution in [-0.2, 0) is 24.2 Å². The van der Waals surface area contributed by atoms with E-state index in [1.165, 1.54) is 19.3 Å². The number of nitrogens with two attached hydrogens (primary N) is 1.